The van der Waals surface area contributed by atoms with Gasteiger partial charge < -0.3 is 14.2 Å². The van der Waals surface area contributed by atoms with Crippen LogP contribution in [0.2, 0.25) is 0 Å². The lowest BCUT2D eigenvalue weighted by Crippen LogP contribution is -2.29. The molecule has 17 heavy (non-hydrogen) atoms. The van der Waals surface area contributed by atoms with E-state index in [-0.39, 0.29) is 18.9 Å². The lowest BCUT2D eigenvalue weighted by molar-refractivity contribution is -0.164. The van der Waals surface area contributed by atoms with Crippen LogP contribution in [0.4, 0.5) is 0 Å². The van der Waals surface area contributed by atoms with Crippen molar-refractivity contribution in [3.05, 3.63) is 0 Å². The Morgan fingerprint density at radius 2 is 1.47 bits per heavy atom. The monoisotopic (exact) mass is 246 g/mol. The van der Waals surface area contributed by atoms with Crippen molar-refractivity contribution in [3.63, 3.8) is 0 Å². The summed E-state index contributed by atoms with van der Waals surface area (Å²) < 4.78 is 13.7. The molecule has 0 aromatic heterocycles. The molecule has 0 aromatic rings. The van der Waals surface area contributed by atoms with E-state index in [2.05, 4.69) is 9.47 Å². The van der Waals surface area contributed by atoms with E-state index in [1.165, 1.54) is 0 Å². The van der Waals surface area contributed by atoms with Crippen molar-refractivity contribution in [1.82, 2.24) is 0 Å². The van der Waals surface area contributed by atoms with Crippen LogP contribution in [0.3, 0.4) is 0 Å². The first-order valence-electron chi connectivity index (χ1n) is 5.23. The third-order valence-electron chi connectivity index (χ3n) is 1.92. The van der Waals surface area contributed by atoms with E-state index in [1.807, 2.05) is 13.8 Å². The molecular weight excluding hydrogens is 228 g/mol. The Balaban J connectivity index is 4.38. The average Bonchev–Trinajstić information content (AvgIpc) is 2.31. The van der Waals surface area contributed by atoms with Crippen LogP contribution >= 0.6 is 0 Å². The van der Waals surface area contributed by atoms with Crippen molar-refractivity contribution in [3.8, 4) is 0 Å². The molecule has 0 spiro atoms. The van der Waals surface area contributed by atoms with Crippen LogP contribution in [0.15, 0.2) is 0 Å². The SMILES string of the molecule is COC(=O)C(CC(=O)OCC(C)C)C(=O)OC. The quantitative estimate of drug-likeness (QED) is 0.386. The molecule has 0 fully saturated rings. The van der Waals surface area contributed by atoms with Gasteiger partial charge in [-0.15, -0.1) is 0 Å². The molecular formula is C11H18O6. The second kappa shape index (κ2) is 7.65. The summed E-state index contributed by atoms with van der Waals surface area (Å²) >= 11 is 0. The Morgan fingerprint density at radius 3 is 1.82 bits per heavy atom. The Labute approximate surface area is 100 Å². The number of methoxy groups -OCH3 is 2. The second-order valence-corrected chi connectivity index (χ2v) is 3.88. The standard InChI is InChI=1S/C11H18O6/c1-7(2)6-17-9(12)5-8(10(13)15-3)11(14)16-4/h7-8H,5-6H2,1-4H3. The van der Waals surface area contributed by atoms with Gasteiger partial charge in [0.2, 0.25) is 0 Å². The summed E-state index contributed by atoms with van der Waals surface area (Å²) in [7, 11) is 2.27. The van der Waals surface area contributed by atoms with Crippen molar-refractivity contribution >= 4 is 17.9 Å². The fourth-order valence-corrected chi connectivity index (χ4v) is 1.03. The smallest absolute Gasteiger partial charge is 0.320 e. The molecule has 6 heteroatoms. The van der Waals surface area contributed by atoms with E-state index < -0.39 is 23.8 Å². The Morgan fingerprint density at radius 1 is 1.00 bits per heavy atom. The molecule has 6 nitrogen and oxygen atoms in total. The molecule has 0 radical (unpaired) electrons. The normalized spacial score (nSPS) is 10.2. The molecule has 0 aliphatic carbocycles. The van der Waals surface area contributed by atoms with Crippen molar-refractivity contribution in [2.75, 3.05) is 20.8 Å². The maximum Gasteiger partial charge on any atom is 0.320 e. The van der Waals surface area contributed by atoms with E-state index in [9.17, 15) is 14.4 Å². The van der Waals surface area contributed by atoms with Gasteiger partial charge in [-0.2, -0.15) is 0 Å². The zero-order valence-corrected chi connectivity index (χ0v) is 10.5. The molecule has 0 atom stereocenters. The minimum absolute atomic E-state index is 0.189. The number of ether oxygens (including phenoxy) is 3. The molecule has 0 amide bonds. The van der Waals surface area contributed by atoms with Gasteiger partial charge in [-0.1, -0.05) is 13.8 Å². The van der Waals surface area contributed by atoms with Gasteiger partial charge in [0.05, 0.1) is 27.2 Å². The molecule has 0 aliphatic rings. The Kier molecular flexibility index (Phi) is 6.93. The topological polar surface area (TPSA) is 78.9 Å². The second-order valence-electron chi connectivity index (χ2n) is 3.88. The largest absolute Gasteiger partial charge is 0.468 e. The number of hydrogen-bond donors (Lipinski definition) is 0. The fourth-order valence-electron chi connectivity index (χ4n) is 1.03. The highest BCUT2D eigenvalue weighted by Gasteiger charge is 2.31. The van der Waals surface area contributed by atoms with Crippen LogP contribution in [0.25, 0.3) is 0 Å². The summed E-state index contributed by atoms with van der Waals surface area (Å²) in [5, 5.41) is 0. The van der Waals surface area contributed by atoms with Gasteiger partial charge >= 0.3 is 17.9 Å². The van der Waals surface area contributed by atoms with Gasteiger partial charge in [-0.25, -0.2) is 0 Å². The molecule has 0 unspecified atom stereocenters. The lowest BCUT2D eigenvalue weighted by Gasteiger charge is -2.12. The lowest BCUT2D eigenvalue weighted by atomic mass is 10.1. The van der Waals surface area contributed by atoms with Gasteiger partial charge in [0.25, 0.3) is 0 Å². The van der Waals surface area contributed by atoms with E-state index in [0.717, 1.165) is 14.2 Å². The van der Waals surface area contributed by atoms with E-state index >= 15 is 0 Å². The van der Waals surface area contributed by atoms with Gasteiger partial charge in [-0.3, -0.25) is 14.4 Å². The first-order chi connectivity index (χ1) is 7.92. The highest BCUT2D eigenvalue weighted by atomic mass is 16.5. The maximum absolute atomic E-state index is 11.4. The molecule has 0 saturated heterocycles. The number of carbonyl (C=O) groups excluding carboxylic acids is 3. The molecule has 0 saturated carbocycles. The number of rotatable bonds is 6. The summed E-state index contributed by atoms with van der Waals surface area (Å²) in [4.78, 5) is 33.9. The molecule has 0 aromatic carbocycles. The van der Waals surface area contributed by atoms with Gasteiger partial charge in [-0.05, 0) is 5.92 Å². The minimum Gasteiger partial charge on any atom is -0.468 e. The Bertz CT molecular complexity index is 268. The van der Waals surface area contributed by atoms with Crippen LogP contribution < -0.4 is 0 Å². The summed E-state index contributed by atoms with van der Waals surface area (Å²) in [6.45, 7) is 4.00. The maximum atomic E-state index is 11.4. The summed E-state index contributed by atoms with van der Waals surface area (Å²) in [5.41, 5.74) is 0. The van der Waals surface area contributed by atoms with Crippen molar-refractivity contribution < 1.29 is 28.6 Å². The third kappa shape index (κ3) is 5.89. The molecule has 0 bridgehead atoms. The minimum atomic E-state index is -1.26. The summed E-state index contributed by atoms with van der Waals surface area (Å²) in [6.07, 6.45) is -0.369. The zero-order chi connectivity index (χ0) is 13.4. The van der Waals surface area contributed by atoms with Crippen molar-refractivity contribution in [2.24, 2.45) is 11.8 Å². The molecule has 0 heterocycles. The summed E-state index contributed by atoms with van der Waals surface area (Å²) in [5.74, 6) is -3.31. The van der Waals surface area contributed by atoms with Crippen molar-refractivity contribution in [2.45, 2.75) is 20.3 Å². The van der Waals surface area contributed by atoms with Gasteiger partial charge in [0.15, 0.2) is 5.92 Å². The molecule has 0 N–H and O–H groups in total. The average molecular weight is 246 g/mol. The first kappa shape index (κ1) is 15.4. The van der Waals surface area contributed by atoms with E-state index in [0.29, 0.717) is 0 Å². The van der Waals surface area contributed by atoms with Crippen LogP contribution in [0.5, 0.6) is 0 Å². The van der Waals surface area contributed by atoms with Gasteiger partial charge in [0, 0.05) is 0 Å². The van der Waals surface area contributed by atoms with Gasteiger partial charge in [0.1, 0.15) is 0 Å². The predicted molar refractivity (Wildman–Crippen MR) is 57.9 cm³/mol. The van der Waals surface area contributed by atoms with Crippen LogP contribution in [-0.2, 0) is 28.6 Å². The number of esters is 3. The summed E-state index contributed by atoms with van der Waals surface area (Å²) in [6, 6.07) is 0. The third-order valence-corrected chi connectivity index (χ3v) is 1.92. The predicted octanol–water partition coefficient (Wildman–Crippen LogP) is 0.538. The number of carbonyl (C=O) groups is 3. The highest BCUT2D eigenvalue weighted by molar-refractivity contribution is 5.97. The molecule has 0 rings (SSSR count). The van der Waals surface area contributed by atoms with Crippen LogP contribution in [0, 0.1) is 11.8 Å². The number of hydrogen-bond acceptors (Lipinski definition) is 6. The highest BCUT2D eigenvalue weighted by Crippen LogP contribution is 2.10. The first-order valence-corrected chi connectivity index (χ1v) is 5.23. The van der Waals surface area contributed by atoms with Crippen molar-refractivity contribution in [1.29, 1.82) is 0 Å². The molecule has 98 valence electrons. The van der Waals surface area contributed by atoms with Crippen LogP contribution in [0.1, 0.15) is 20.3 Å². The van der Waals surface area contributed by atoms with Crippen LogP contribution in [-0.4, -0.2) is 38.7 Å². The van der Waals surface area contributed by atoms with E-state index in [4.69, 9.17) is 4.74 Å². The Hall–Kier alpha value is -1.59. The zero-order valence-electron chi connectivity index (χ0n) is 10.5. The fraction of sp³-hybridized carbons (Fsp3) is 0.727. The molecule has 0 aliphatic heterocycles. The van der Waals surface area contributed by atoms with E-state index in [1.54, 1.807) is 0 Å².